The summed E-state index contributed by atoms with van der Waals surface area (Å²) < 4.78 is 15.5. The molecule has 3 aromatic rings. The summed E-state index contributed by atoms with van der Waals surface area (Å²) in [4.78, 5) is 25.2. The average molecular weight is 503 g/mol. The molecule has 0 radical (unpaired) electrons. The van der Waals surface area contributed by atoms with Crippen LogP contribution in [0.15, 0.2) is 53.3 Å². The molecular formula is C27H32N7O3+. The zero-order chi connectivity index (χ0) is 26.2. The average Bonchev–Trinajstić information content (AvgIpc) is 3.55. The Labute approximate surface area is 215 Å². The van der Waals surface area contributed by atoms with Gasteiger partial charge in [0.15, 0.2) is 0 Å². The number of amides is 1. The molecule has 1 atom stereocenters. The minimum absolute atomic E-state index is 0.0547. The molecule has 1 aromatic carbocycles. The summed E-state index contributed by atoms with van der Waals surface area (Å²) in [5.74, 6) is 3.17. The van der Waals surface area contributed by atoms with E-state index in [0.717, 1.165) is 42.2 Å². The maximum atomic E-state index is 11.3. The second-order valence-corrected chi connectivity index (χ2v) is 10.3. The third-order valence-corrected chi connectivity index (χ3v) is 6.21. The normalized spacial score (nSPS) is 19.9. The van der Waals surface area contributed by atoms with Gasteiger partial charge in [-0.2, -0.15) is 4.98 Å². The molecule has 2 N–H and O–H groups in total. The van der Waals surface area contributed by atoms with Gasteiger partial charge in [-0.15, -0.1) is 4.68 Å². The number of aliphatic imine (C=N–C) groups is 1. The van der Waals surface area contributed by atoms with E-state index in [1.54, 1.807) is 18.3 Å². The number of hydrazone groups is 1. The van der Waals surface area contributed by atoms with Crippen molar-refractivity contribution in [2.45, 2.75) is 34.1 Å². The monoisotopic (exact) mass is 502 g/mol. The van der Waals surface area contributed by atoms with Crippen LogP contribution in [0.3, 0.4) is 0 Å². The highest BCUT2D eigenvalue weighted by Crippen LogP contribution is 2.30. The van der Waals surface area contributed by atoms with Crippen LogP contribution >= 0.6 is 0 Å². The van der Waals surface area contributed by atoms with E-state index in [2.05, 4.69) is 48.8 Å². The number of anilines is 1. The second-order valence-electron chi connectivity index (χ2n) is 10.3. The first-order chi connectivity index (χ1) is 17.7. The molecule has 0 bridgehead atoms. The van der Waals surface area contributed by atoms with Gasteiger partial charge in [-0.3, -0.25) is 9.36 Å². The number of benzene rings is 1. The van der Waals surface area contributed by atoms with Gasteiger partial charge in [-0.05, 0) is 24.6 Å². The summed E-state index contributed by atoms with van der Waals surface area (Å²) in [7, 11) is 1.94. The Morgan fingerprint density at radius 1 is 1.30 bits per heavy atom. The number of nitrogens with zero attached hydrogens (tertiary/aromatic N) is 5. The first kappa shape index (κ1) is 24.6. The maximum Gasteiger partial charge on any atom is 0.352 e. The topological polar surface area (TPSA) is 106 Å². The molecule has 10 heteroatoms. The number of hydrazine groups is 1. The number of rotatable bonds is 5. The molecule has 10 nitrogen and oxygen atoms in total. The third kappa shape index (κ3) is 5.54. The van der Waals surface area contributed by atoms with E-state index in [1.807, 2.05) is 34.5 Å². The Kier molecular flexibility index (Phi) is 6.51. The van der Waals surface area contributed by atoms with Crippen molar-refractivity contribution in [3.8, 4) is 11.5 Å². The molecule has 5 rings (SSSR count). The van der Waals surface area contributed by atoms with Gasteiger partial charge in [-0.1, -0.05) is 20.8 Å². The van der Waals surface area contributed by atoms with Crippen LogP contribution in [0.25, 0.3) is 11.0 Å². The fraction of sp³-hybridized carbons (Fsp3) is 0.370. The summed E-state index contributed by atoms with van der Waals surface area (Å²) in [6.07, 6.45) is 6.82. The Morgan fingerprint density at radius 2 is 2.11 bits per heavy atom. The summed E-state index contributed by atoms with van der Waals surface area (Å²) in [6.45, 7) is 9.45. The van der Waals surface area contributed by atoms with Crippen LogP contribution in [-0.4, -0.2) is 50.4 Å². The van der Waals surface area contributed by atoms with Crippen molar-refractivity contribution in [3.63, 3.8) is 0 Å². The quantitative estimate of drug-likeness (QED) is 0.504. The number of ether oxygens (including phenoxy) is 2. The molecular weight excluding hydrogens is 470 g/mol. The molecule has 1 unspecified atom stereocenters. The number of hydrogen-bond acceptors (Lipinski definition) is 7. The molecule has 1 saturated heterocycles. The van der Waals surface area contributed by atoms with Crippen molar-refractivity contribution in [2.75, 3.05) is 18.5 Å². The van der Waals surface area contributed by atoms with Gasteiger partial charge < -0.3 is 14.8 Å². The number of allylic oxidation sites excluding steroid dienone is 1. The first-order valence-electron chi connectivity index (χ1n) is 12.3. The van der Waals surface area contributed by atoms with Crippen molar-refractivity contribution in [1.29, 1.82) is 0 Å². The number of fused-ring (bicyclic) bond motifs is 1. The van der Waals surface area contributed by atoms with Gasteiger partial charge in [0.25, 0.3) is 0 Å². The van der Waals surface area contributed by atoms with Gasteiger partial charge in [0.2, 0.25) is 5.91 Å². The molecule has 1 amide bonds. The smallest absolute Gasteiger partial charge is 0.352 e. The van der Waals surface area contributed by atoms with Crippen molar-refractivity contribution in [2.24, 2.45) is 23.4 Å². The van der Waals surface area contributed by atoms with Crippen molar-refractivity contribution >= 4 is 40.8 Å². The maximum absolute atomic E-state index is 11.3. The number of pyridine rings is 1. The molecule has 0 spiro atoms. The molecule has 2 aromatic heterocycles. The van der Waals surface area contributed by atoms with Gasteiger partial charge >= 0.3 is 11.8 Å². The van der Waals surface area contributed by atoms with Gasteiger partial charge in [0, 0.05) is 55.2 Å². The lowest BCUT2D eigenvalue weighted by molar-refractivity contribution is -0.459. The number of aromatic nitrogens is 3. The van der Waals surface area contributed by atoms with Crippen molar-refractivity contribution in [3.05, 3.63) is 48.3 Å². The van der Waals surface area contributed by atoms with Crippen LogP contribution in [0.1, 0.15) is 34.1 Å². The minimum Gasteiger partial charge on any atom is -0.457 e. The number of carbonyl (C=O) groups is 1. The summed E-state index contributed by atoms with van der Waals surface area (Å²) >= 11 is 0. The fourth-order valence-corrected chi connectivity index (χ4v) is 4.17. The molecule has 0 saturated carbocycles. The predicted octanol–water partition coefficient (Wildman–Crippen LogP) is 4.32. The number of nitrogens with one attached hydrogen (secondary N) is 2. The largest absolute Gasteiger partial charge is 0.457 e. The molecule has 2 aliphatic heterocycles. The minimum atomic E-state index is -0.190. The lowest BCUT2D eigenvalue weighted by Crippen LogP contribution is -2.32. The van der Waals surface area contributed by atoms with Crippen molar-refractivity contribution in [1.82, 2.24) is 20.0 Å². The molecule has 192 valence electrons. The zero-order valence-corrected chi connectivity index (χ0v) is 21.8. The van der Waals surface area contributed by atoms with Crippen LogP contribution in [0, 0.1) is 11.3 Å². The number of aryl methyl sites for hydroxylation is 1. The van der Waals surface area contributed by atoms with E-state index in [-0.39, 0.29) is 11.3 Å². The highest BCUT2D eigenvalue weighted by atomic mass is 16.5. The van der Waals surface area contributed by atoms with Crippen LogP contribution in [-0.2, 0) is 16.6 Å². The van der Waals surface area contributed by atoms with Crippen molar-refractivity contribution < 1.29 is 19.0 Å². The van der Waals surface area contributed by atoms with E-state index in [0.29, 0.717) is 29.2 Å². The fourth-order valence-electron chi connectivity index (χ4n) is 4.17. The van der Waals surface area contributed by atoms with E-state index >= 15 is 0 Å². The molecule has 4 heterocycles. The number of carbonyl (C=O) groups excluding carboxylic acids is 1. The third-order valence-electron chi connectivity index (χ3n) is 6.21. The molecule has 2 aliphatic rings. The van der Waals surface area contributed by atoms with Crippen LogP contribution in [0.4, 0.5) is 11.8 Å². The highest BCUT2D eigenvalue weighted by Gasteiger charge is 2.32. The Balaban J connectivity index is 1.46. The summed E-state index contributed by atoms with van der Waals surface area (Å²) in [6, 6.07) is 9.11. The lowest BCUT2D eigenvalue weighted by Gasteiger charge is -2.18. The standard InChI is InChI=1S/C27H31N7O3/c1-17(35)29-24-13-20(8-10-28-24)37-19-6-7-21-22(12-19)33(5)26(30-21)31-25-14-23(27(2,3)4)32-34(25)15-18-9-11-36-16-18/h6-8,10,12-15,18H,9,11,16H2,1-5H3,(H-,28,29,30,31,32,35)/p+1/b34-15-. The van der Waals surface area contributed by atoms with Gasteiger partial charge in [0.05, 0.1) is 29.4 Å². The van der Waals surface area contributed by atoms with Gasteiger partial charge in [-0.25, -0.2) is 10.4 Å². The first-order valence-corrected chi connectivity index (χ1v) is 12.3. The number of amidine groups is 1. The second kappa shape index (κ2) is 9.78. The van der Waals surface area contributed by atoms with E-state index in [9.17, 15) is 4.79 Å². The van der Waals surface area contributed by atoms with E-state index in [4.69, 9.17) is 19.5 Å². The molecule has 0 aliphatic carbocycles. The van der Waals surface area contributed by atoms with E-state index in [1.165, 1.54) is 6.92 Å². The highest BCUT2D eigenvalue weighted by molar-refractivity contribution is 5.93. The summed E-state index contributed by atoms with van der Waals surface area (Å²) in [5, 5.41) is 2.66. The van der Waals surface area contributed by atoms with Gasteiger partial charge in [0.1, 0.15) is 23.5 Å². The molecule has 1 fully saturated rings. The Bertz CT molecular complexity index is 1440. The SMILES string of the molecule is CC(=O)Nc1cc(Oc2ccc3nc(/N=C4\C=C(C(C)(C)C)N\[N+]4=C/C4CCOC4)n(C)c3c2)ccn1. The van der Waals surface area contributed by atoms with E-state index < -0.39 is 0 Å². The van der Waals surface area contributed by atoms with Crippen LogP contribution in [0.2, 0.25) is 0 Å². The Hall–Kier alpha value is -4.05. The number of hydrogen-bond donors (Lipinski definition) is 2. The summed E-state index contributed by atoms with van der Waals surface area (Å²) in [5.41, 5.74) is 6.23. The van der Waals surface area contributed by atoms with Crippen LogP contribution < -0.4 is 15.5 Å². The number of imidazole rings is 1. The molecule has 37 heavy (non-hydrogen) atoms. The predicted molar refractivity (Wildman–Crippen MR) is 142 cm³/mol. The van der Waals surface area contributed by atoms with Crippen LogP contribution in [0.5, 0.6) is 11.5 Å². The zero-order valence-electron chi connectivity index (χ0n) is 21.8. The Morgan fingerprint density at radius 3 is 2.84 bits per heavy atom. The lowest BCUT2D eigenvalue weighted by atomic mass is 9.92.